The topological polar surface area (TPSA) is 65.1 Å². The summed E-state index contributed by atoms with van der Waals surface area (Å²) in [5.74, 6) is 0.256. The smallest absolute Gasteiger partial charge is 0.242 e. The quantitative estimate of drug-likeness (QED) is 0.783. The summed E-state index contributed by atoms with van der Waals surface area (Å²) >= 11 is 0. The van der Waals surface area contributed by atoms with Crippen LogP contribution in [0.25, 0.3) is 0 Å². The fourth-order valence-electron chi connectivity index (χ4n) is 3.08. The summed E-state index contributed by atoms with van der Waals surface area (Å²) in [6, 6.07) is 12.2. The van der Waals surface area contributed by atoms with Gasteiger partial charge in [-0.15, -0.1) is 0 Å². The number of para-hydroxylation sites is 1. The number of hydrogen-bond donors (Lipinski definition) is 0. The maximum Gasteiger partial charge on any atom is 0.242 e. The molecule has 0 radical (unpaired) electrons. The van der Waals surface area contributed by atoms with Gasteiger partial charge in [0.05, 0.1) is 32.9 Å². The van der Waals surface area contributed by atoms with E-state index in [9.17, 15) is 9.59 Å². The van der Waals surface area contributed by atoms with Crippen molar-refractivity contribution in [1.29, 1.82) is 0 Å². The van der Waals surface area contributed by atoms with Crippen LogP contribution in [0.3, 0.4) is 0 Å². The number of carbonyl (C=O) groups excluding carboxylic acids is 2. The van der Waals surface area contributed by atoms with Crippen LogP contribution < -0.4 is 19.1 Å². The van der Waals surface area contributed by atoms with Crippen LogP contribution in [0.4, 0.5) is 5.69 Å². The predicted octanol–water partition coefficient (Wildman–Crippen LogP) is 2.76. The number of methoxy groups -OCH3 is 3. The second-order valence-corrected chi connectivity index (χ2v) is 5.61. The highest BCUT2D eigenvalue weighted by atomic mass is 16.5. The average molecular weight is 341 g/mol. The minimum atomic E-state index is -0.663. The molecule has 0 N–H and O–H groups in total. The first-order valence-corrected chi connectivity index (χ1v) is 7.82. The van der Waals surface area contributed by atoms with E-state index < -0.39 is 5.92 Å². The minimum Gasteiger partial charge on any atom is -0.496 e. The first-order chi connectivity index (χ1) is 12.1. The van der Waals surface area contributed by atoms with Crippen molar-refractivity contribution in [3.63, 3.8) is 0 Å². The Bertz CT molecular complexity index is 778. The first-order valence-electron chi connectivity index (χ1n) is 7.82. The number of hydrogen-bond acceptors (Lipinski definition) is 5. The Balaban J connectivity index is 2.06. The highest BCUT2D eigenvalue weighted by Crippen LogP contribution is 2.44. The molecule has 0 spiro atoms. The second-order valence-electron chi connectivity index (χ2n) is 5.61. The summed E-state index contributed by atoms with van der Waals surface area (Å²) in [5, 5.41) is 0. The molecule has 1 saturated heterocycles. The van der Waals surface area contributed by atoms with Crippen LogP contribution in [-0.4, -0.2) is 33.1 Å². The van der Waals surface area contributed by atoms with Crippen LogP contribution >= 0.6 is 0 Å². The summed E-state index contributed by atoms with van der Waals surface area (Å²) in [7, 11) is 4.55. The SMILES string of the molecule is COc1cc(OC)c(C2CC(=O)N(c3ccccc3)C2=O)c(OC)c1. The standard InChI is InChI=1S/C19H19NO5/c1-23-13-9-15(24-2)18(16(10-13)25-3)14-11-17(21)20(19(14)22)12-7-5-4-6-8-12/h4-10,14H,11H2,1-3H3. The molecule has 1 aliphatic rings. The lowest BCUT2D eigenvalue weighted by atomic mass is 9.95. The molecule has 1 aliphatic heterocycles. The lowest BCUT2D eigenvalue weighted by Gasteiger charge is -2.19. The fourth-order valence-corrected chi connectivity index (χ4v) is 3.08. The van der Waals surface area contributed by atoms with Gasteiger partial charge in [0.25, 0.3) is 0 Å². The molecule has 2 aromatic carbocycles. The van der Waals surface area contributed by atoms with Crippen molar-refractivity contribution in [3.05, 3.63) is 48.0 Å². The Labute approximate surface area is 145 Å². The molecular weight excluding hydrogens is 322 g/mol. The molecule has 0 aromatic heterocycles. The van der Waals surface area contributed by atoms with E-state index in [1.807, 2.05) is 6.07 Å². The van der Waals surface area contributed by atoms with Crippen molar-refractivity contribution in [3.8, 4) is 17.2 Å². The number of amides is 2. The summed E-state index contributed by atoms with van der Waals surface area (Å²) < 4.78 is 16.1. The Hall–Kier alpha value is -3.02. The monoisotopic (exact) mass is 341 g/mol. The molecule has 2 aromatic rings. The van der Waals surface area contributed by atoms with Crippen molar-refractivity contribution in [2.24, 2.45) is 0 Å². The van der Waals surface area contributed by atoms with E-state index >= 15 is 0 Å². The van der Waals surface area contributed by atoms with Crippen molar-refractivity contribution in [2.45, 2.75) is 12.3 Å². The third-order valence-corrected chi connectivity index (χ3v) is 4.26. The summed E-state index contributed by atoms with van der Waals surface area (Å²) in [6.45, 7) is 0. The van der Waals surface area contributed by atoms with Gasteiger partial charge in [-0.1, -0.05) is 18.2 Å². The van der Waals surface area contributed by atoms with E-state index in [0.29, 0.717) is 28.5 Å². The molecule has 1 heterocycles. The van der Waals surface area contributed by atoms with Crippen molar-refractivity contribution in [1.82, 2.24) is 0 Å². The molecule has 1 unspecified atom stereocenters. The molecule has 130 valence electrons. The van der Waals surface area contributed by atoms with Gasteiger partial charge in [-0.3, -0.25) is 14.5 Å². The van der Waals surface area contributed by atoms with Gasteiger partial charge < -0.3 is 14.2 Å². The van der Waals surface area contributed by atoms with Crippen molar-refractivity contribution >= 4 is 17.5 Å². The normalized spacial score (nSPS) is 16.9. The minimum absolute atomic E-state index is 0.0623. The summed E-state index contributed by atoms with van der Waals surface area (Å²) in [4.78, 5) is 26.7. The van der Waals surface area contributed by atoms with Gasteiger partial charge in [0.2, 0.25) is 11.8 Å². The first kappa shape index (κ1) is 16.8. The Morgan fingerprint density at radius 3 is 2.04 bits per heavy atom. The lowest BCUT2D eigenvalue weighted by molar-refractivity contribution is -0.121. The third kappa shape index (κ3) is 2.91. The van der Waals surface area contributed by atoms with E-state index in [4.69, 9.17) is 14.2 Å². The van der Waals surface area contributed by atoms with E-state index in [1.54, 1.807) is 36.4 Å². The number of ether oxygens (including phenoxy) is 3. The lowest BCUT2D eigenvalue weighted by Crippen LogP contribution is -2.30. The molecule has 0 saturated carbocycles. The van der Waals surface area contributed by atoms with Crippen molar-refractivity contribution < 1.29 is 23.8 Å². The van der Waals surface area contributed by atoms with E-state index in [-0.39, 0.29) is 18.2 Å². The zero-order valence-electron chi connectivity index (χ0n) is 14.3. The summed E-state index contributed by atoms with van der Waals surface area (Å²) in [5.41, 5.74) is 1.12. The maximum absolute atomic E-state index is 13.0. The molecule has 1 fully saturated rings. The number of anilines is 1. The number of carbonyl (C=O) groups is 2. The second kappa shape index (κ2) is 6.84. The molecule has 25 heavy (non-hydrogen) atoms. The largest absolute Gasteiger partial charge is 0.496 e. The van der Waals surface area contributed by atoms with Crippen LogP contribution in [-0.2, 0) is 9.59 Å². The molecular formula is C19H19NO5. The number of imide groups is 1. The van der Waals surface area contributed by atoms with E-state index in [0.717, 1.165) is 0 Å². The number of benzene rings is 2. The summed E-state index contributed by atoms with van der Waals surface area (Å²) in [6.07, 6.45) is 0.0623. The predicted molar refractivity (Wildman–Crippen MR) is 92.4 cm³/mol. The molecule has 6 nitrogen and oxygen atoms in total. The zero-order valence-corrected chi connectivity index (χ0v) is 14.3. The van der Waals surface area contributed by atoms with Gasteiger partial charge in [-0.25, -0.2) is 0 Å². The molecule has 1 atom stereocenters. The van der Waals surface area contributed by atoms with Crippen LogP contribution in [0.1, 0.15) is 17.9 Å². The van der Waals surface area contributed by atoms with Crippen LogP contribution in [0.15, 0.2) is 42.5 Å². The number of rotatable bonds is 5. The fraction of sp³-hybridized carbons (Fsp3) is 0.263. The Morgan fingerprint density at radius 2 is 1.52 bits per heavy atom. The van der Waals surface area contributed by atoms with Crippen molar-refractivity contribution in [2.75, 3.05) is 26.2 Å². The van der Waals surface area contributed by atoms with Gasteiger partial charge in [0.1, 0.15) is 17.2 Å². The van der Waals surface area contributed by atoms with Gasteiger partial charge >= 0.3 is 0 Å². The average Bonchev–Trinajstić information content (AvgIpc) is 2.94. The van der Waals surface area contributed by atoms with E-state index in [2.05, 4.69) is 0 Å². The molecule has 0 bridgehead atoms. The molecule has 0 aliphatic carbocycles. The van der Waals surface area contributed by atoms with Gasteiger partial charge in [-0.05, 0) is 12.1 Å². The maximum atomic E-state index is 13.0. The highest BCUT2D eigenvalue weighted by molar-refractivity contribution is 6.23. The van der Waals surface area contributed by atoms with Crippen LogP contribution in [0.2, 0.25) is 0 Å². The highest BCUT2D eigenvalue weighted by Gasteiger charge is 2.43. The van der Waals surface area contributed by atoms with E-state index in [1.165, 1.54) is 26.2 Å². The van der Waals surface area contributed by atoms with Crippen LogP contribution in [0, 0.1) is 0 Å². The van der Waals surface area contributed by atoms with Gasteiger partial charge in [0, 0.05) is 24.1 Å². The van der Waals surface area contributed by atoms with Crippen LogP contribution in [0.5, 0.6) is 17.2 Å². The molecule has 6 heteroatoms. The van der Waals surface area contributed by atoms with Gasteiger partial charge in [0.15, 0.2) is 0 Å². The zero-order chi connectivity index (χ0) is 18.0. The van der Waals surface area contributed by atoms with Gasteiger partial charge in [-0.2, -0.15) is 0 Å². The third-order valence-electron chi connectivity index (χ3n) is 4.26. The number of nitrogens with zero attached hydrogens (tertiary/aromatic N) is 1. The molecule has 2 amide bonds. The Kier molecular flexibility index (Phi) is 4.61. The Morgan fingerprint density at radius 1 is 0.920 bits per heavy atom. The molecule has 3 rings (SSSR count).